The lowest BCUT2D eigenvalue weighted by Crippen LogP contribution is -2.10. The normalized spacial score (nSPS) is 11.4. The van der Waals surface area contributed by atoms with Crippen LogP contribution in [0.5, 0.6) is 0 Å². The SMILES string of the molecule is CC(C)(C)c1ccc(NCc2ccc(Br)c(F)c2)cc1. The highest BCUT2D eigenvalue weighted by atomic mass is 79.9. The molecule has 1 nitrogen and oxygen atoms in total. The summed E-state index contributed by atoms with van der Waals surface area (Å²) in [4.78, 5) is 0. The van der Waals surface area contributed by atoms with Crippen molar-refractivity contribution in [3.8, 4) is 0 Å². The van der Waals surface area contributed by atoms with Crippen LogP contribution in [0.2, 0.25) is 0 Å². The fraction of sp³-hybridized carbons (Fsp3) is 0.294. The molecule has 0 heterocycles. The molecule has 0 bridgehead atoms. The quantitative estimate of drug-likeness (QED) is 0.781. The summed E-state index contributed by atoms with van der Waals surface area (Å²) in [6, 6.07) is 13.6. The zero-order chi connectivity index (χ0) is 14.8. The molecular weight excluding hydrogens is 317 g/mol. The largest absolute Gasteiger partial charge is 0.381 e. The number of rotatable bonds is 3. The van der Waals surface area contributed by atoms with Crippen LogP contribution in [0.1, 0.15) is 31.9 Å². The van der Waals surface area contributed by atoms with Gasteiger partial charge in [-0.25, -0.2) is 4.39 Å². The third-order valence-corrected chi connectivity index (χ3v) is 3.87. The Balaban J connectivity index is 2.02. The van der Waals surface area contributed by atoms with Gasteiger partial charge in [0, 0.05) is 12.2 Å². The maximum atomic E-state index is 13.4. The average molecular weight is 336 g/mol. The second kappa shape index (κ2) is 5.96. The van der Waals surface area contributed by atoms with E-state index in [4.69, 9.17) is 0 Å². The van der Waals surface area contributed by atoms with Crippen LogP contribution in [0.15, 0.2) is 46.9 Å². The van der Waals surface area contributed by atoms with Gasteiger partial charge in [-0.3, -0.25) is 0 Å². The summed E-state index contributed by atoms with van der Waals surface area (Å²) in [5.74, 6) is -0.229. The van der Waals surface area contributed by atoms with E-state index < -0.39 is 0 Å². The Morgan fingerprint density at radius 3 is 2.25 bits per heavy atom. The van der Waals surface area contributed by atoms with Gasteiger partial charge in [-0.1, -0.05) is 39.0 Å². The Morgan fingerprint density at radius 1 is 1.05 bits per heavy atom. The first kappa shape index (κ1) is 15.0. The lowest BCUT2D eigenvalue weighted by molar-refractivity contribution is 0.590. The summed E-state index contributed by atoms with van der Waals surface area (Å²) in [6.07, 6.45) is 0. The molecule has 2 rings (SSSR count). The van der Waals surface area contributed by atoms with Crippen molar-refractivity contribution in [1.29, 1.82) is 0 Å². The number of hydrogen-bond acceptors (Lipinski definition) is 1. The highest BCUT2D eigenvalue weighted by Crippen LogP contribution is 2.24. The first-order chi connectivity index (χ1) is 9.36. The number of halogens is 2. The molecular formula is C17H19BrFN. The van der Waals surface area contributed by atoms with Crippen molar-refractivity contribution in [2.24, 2.45) is 0 Å². The van der Waals surface area contributed by atoms with Crippen LogP contribution in [0.4, 0.5) is 10.1 Å². The molecule has 0 aliphatic heterocycles. The summed E-state index contributed by atoms with van der Waals surface area (Å²) in [6.45, 7) is 7.19. The third-order valence-electron chi connectivity index (χ3n) is 3.23. The second-order valence-electron chi connectivity index (χ2n) is 5.93. The molecule has 0 saturated heterocycles. The number of nitrogens with one attached hydrogen (secondary N) is 1. The molecule has 2 aromatic rings. The summed E-state index contributed by atoms with van der Waals surface area (Å²) < 4.78 is 13.9. The van der Waals surface area contributed by atoms with Crippen molar-refractivity contribution in [3.05, 3.63) is 63.9 Å². The topological polar surface area (TPSA) is 12.0 Å². The highest BCUT2D eigenvalue weighted by Gasteiger charge is 2.12. The number of benzene rings is 2. The van der Waals surface area contributed by atoms with E-state index in [1.807, 2.05) is 6.07 Å². The van der Waals surface area contributed by atoms with Crippen LogP contribution in [-0.4, -0.2) is 0 Å². The van der Waals surface area contributed by atoms with Gasteiger partial charge in [-0.2, -0.15) is 0 Å². The van der Waals surface area contributed by atoms with Gasteiger partial charge in [0.05, 0.1) is 4.47 Å². The Bertz CT molecular complexity index is 585. The maximum Gasteiger partial charge on any atom is 0.137 e. The smallest absolute Gasteiger partial charge is 0.137 e. The van der Waals surface area contributed by atoms with Gasteiger partial charge >= 0.3 is 0 Å². The molecule has 3 heteroatoms. The molecule has 0 spiro atoms. The summed E-state index contributed by atoms with van der Waals surface area (Å²) in [5, 5.41) is 3.30. The molecule has 0 aromatic heterocycles. The van der Waals surface area contributed by atoms with Crippen LogP contribution in [0, 0.1) is 5.82 Å². The minimum absolute atomic E-state index is 0.160. The number of anilines is 1. The summed E-state index contributed by atoms with van der Waals surface area (Å²) >= 11 is 3.16. The van der Waals surface area contributed by atoms with Crippen molar-refractivity contribution in [2.45, 2.75) is 32.7 Å². The van der Waals surface area contributed by atoms with Gasteiger partial charge in [-0.05, 0) is 56.7 Å². The zero-order valence-electron chi connectivity index (χ0n) is 12.0. The second-order valence-corrected chi connectivity index (χ2v) is 6.78. The minimum atomic E-state index is -0.229. The standard InChI is InChI=1S/C17H19BrFN/c1-17(2,3)13-5-7-14(8-6-13)20-11-12-4-9-15(18)16(19)10-12/h4-10,20H,11H2,1-3H3. The van der Waals surface area contributed by atoms with E-state index in [9.17, 15) is 4.39 Å². The molecule has 0 radical (unpaired) electrons. The van der Waals surface area contributed by atoms with Crippen LogP contribution in [0.3, 0.4) is 0 Å². The lowest BCUT2D eigenvalue weighted by Gasteiger charge is -2.19. The highest BCUT2D eigenvalue weighted by molar-refractivity contribution is 9.10. The molecule has 0 fully saturated rings. The van der Waals surface area contributed by atoms with E-state index in [0.717, 1.165) is 11.3 Å². The van der Waals surface area contributed by atoms with Crippen molar-refractivity contribution < 1.29 is 4.39 Å². The molecule has 20 heavy (non-hydrogen) atoms. The average Bonchev–Trinajstić information content (AvgIpc) is 2.40. The Hall–Kier alpha value is -1.35. The van der Waals surface area contributed by atoms with Crippen molar-refractivity contribution in [2.75, 3.05) is 5.32 Å². The molecule has 106 valence electrons. The van der Waals surface area contributed by atoms with Gasteiger partial charge in [-0.15, -0.1) is 0 Å². The number of hydrogen-bond donors (Lipinski definition) is 1. The molecule has 0 saturated carbocycles. The van der Waals surface area contributed by atoms with Crippen molar-refractivity contribution in [3.63, 3.8) is 0 Å². The van der Waals surface area contributed by atoms with Crippen LogP contribution >= 0.6 is 15.9 Å². The Morgan fingerprint density at radius 2 is 1.70 bits per heavy atom. The molecule has 0 unspecified atom stereocenters. The van der Waals surface area contributed by atoms with Crippen molar-refractivity contribution in [1.82, 2.24) is 0 Å². The van der Waals surface area contributed by atoms with Gasteiger partial charge in [0.1, 0.15) is 5.82 Å². The van der Waals surface area contributed by atoms with E-state index in [1.54, 1.807) is 12.1 Å². The van der Waals surface area contributed by atoms with Gasteiger partial charge < -0.3 is 5.32 Å². The molecule has 2 aromatic carbocycles. The van der Waals surface area contributed by atoms with Crippen LogP contribution in [-0.2, 0) is 12.0 Å². The van der Waals surface area contributed by atoms with Crippen molar-refractivity contribution >= 4 is 21.6 Å². The monoisotopic (exact) mass is 335 g/mol. The summed E-state index contributed by atoms with van der Waals surface area (Å²) in [5.41, 5.74) is 3.43. The van der Waals surface area contributed by atoms with Gasteiger partial charge in [0.15, 0.2) is 0 Å². The molecule has 0 amide bonds. The van der Waals surface area contributed by atoms with E-state index in [2.05, 4.69) is 66.3 Å². The molecule has 0 aliphatic rings. The fourth-order valence-electron chi connectivity index (χ4n) is 1.94. The molecule has 0 atom stereocenters. The van der Waals surface area contributed by atoms with E-state index in [1.165, 1.54) is 5.56 Å². The Labute approximate surface area is 128 Å². The zero-order valence-corrected chi connectivity index (χ0v) is 13.6. The first-order valence-corrected chi connectivity index (χ1v) is 7.44. The Kier molecular flexibility index (Phi) is 4.48. The van der Waals surface area contributed by atoms with E-state index >= 15 is 0 Å². The lowest BCUT2D eigenvalue weighted by atomic mass is 9.87. The van der Waals surface area contributed by atoms with E-state index in [0.29, 0.717) is 11.0 Å². The predicted molar refractivity (Wildman–Crippen MR) is 86.6 cm³/mol. The van der Waals surface area contributed by atoms with Gasteiger partial charge in [0.25, 0.3) is 0 Å². The molecule has 1 N–H and O–H groups in total. The summed E-state index contributed by atoms with van der Waals surface area (Å²) in [7, 11) is 0. The fourth-order valence-corrected chi connectivity index (χ4v) is 2.19. The molecule has 0 aliphatic carbocycles. The van der Waals surface area contributed by atoms with Gasteiger partial charge in [0.2, 0.25) is 0 Å². The van der Waals surface area contributed by atoms with E-state index in [-0.39, 0.29) is 11.2 Å². The minimum Gasteiger partial charge on any atom is -0.381 e. The third kappa shape index (κ3) is 3.83. The van der Waals surface area contributed by atoms with Crippen LogP contribution < -0.4 is 5.32 Å². The predicted octanol–water partition coefficient (Wildman–Crippen LogP) is 5.50. The van der Waals surface area contributed by atoms with Crippen LogP contribution in [0.25, 0.3) is 0 Å². The maximum absolute atomic E-state index is 13.4. The first-order valence-electron chi connectivity index (χ1n) is 6.64.